The quantitative estimate of drug-likeness (QED) is 0.730. The maximum absolute atomic E-state index is 12.2. The van der Waals surface area contributed by atoms with E-state index in [-0.39, 0.29) is 5.91 Å². The molecule has 0 unspecified atom stereocenters. The predicted octanol–water partition coefficient (Wildman–Crippen LogP) is 3.20. The van der Waals surface area contributed by atoms with Crippen LogP contribution in [0.25, 0.3) is 0 Å². The summed E-state index contributed by atoms with van der Waals surface area (Å²) in [5.74, 6) is -0.535. The summed E-state index contributed by atoms with van der Waals surface area (Å²) in [5.41, 5.74) is 1.20. The number of amides is 1. The molecule has 0 fully saturated rings. The number of aryl methyl sites for hydroxylation is 2. The van der Waals surface area contributed by atoms with Crippen LogP contribution in [0.15, 0.2) is 6.07 Å². The van der Waals surface area contributed by atoms with E-state index in [1.165, 1.54) is 21.8 Å². The second-order valence-electron chi connectivity index (χ2n) is 4.81. The molecule has 0 radical (unpaired) electrons. The van der Waals surface area contributed by atoms with Crippen LogP contribution in [0.4, 0.5) is 0 Å². The highest BCUT2D eigenvalue weighted by Crippen LogP contribution is 2.24. The van der Waals surface area contributed by atoms with Gasteiger partial charge in [0.15, 0.2) is 0 Å². The van der Waals surface area contributed by atoms with Gasteiger partial charge < -0.3 is 10.4 Å². The standard InChI is InChI=1S/C15H23NO3S2/c1-4-6-12-10(5-2)9-13(21-12)14(17)16-11(15(18)19)7-8-20-3/h9,11H,4-8H2,1-3H3,(H,16,17)(H,18,19)/t11-/m0/s1. The minimum absolute atomic E-state index is 0.273. The third kappa shape index (κ3) is 5.36. The maximum atomic E-state index is 12.2. The number of carbonyl (C=O) groups is 2. The monoisotopic (exact) mass is 329 g/mol. The zero-order valence-electron chi connectivity index (χ0n) is 12.8. The summed E-state index contributed by atoms with van der Waals surface area (Å²) >= 11 is 3.06. The predicted molar refractivity (Wildman–Crippen MR) is 89.6 cm³/mol. The lowest BCUT2D eigenvalue weighted by Gasteiger charge is -2.13. The summed E-state index contributed by atoms with van der Waals surface area (Å²) in [6.45, 7) is 4.18. The van der Waals surface area contributed by atoms with Crippen LogP contribution in [0.5, 0.6) is 0 Å². The molecule has 1 aromatic rings. The fourth-order valence-corrected chi connectivity index (χ4v) is 3.77. The number of hydrogen-bond acceptors (Lipinski definition) is 4. The van der Waals surface area contributed by atoms with Crippen LogP contribution in [0, 0.1) is 0 Å². The van der Waals surface area contributed by atoms with E-state index in [0.717, 1.165) is 19.3 Å². The van der Waals surface area contributed by atoms with E-state index in [0.29, 0.717) is 17.1 Å². The Hall–Kier alpha value is -1.01. The molecular weight excluding hydrogens is 306 g/mol. The van der Waals surface area contributed by atoms with Crippen molar-refractivity contribution < 1.29 is 14.7 Å². The minimum atomic E-state index is -0.974. The van der Waals surface area contributed by atoms with Crippen molar-refractivity contribution in [1.82, 2.24) is 5.32 Å². The molecule has 1 aromatic heterocycles. The largest absolute Gasteiger partial charge is 0.480 e. The van der Waals surface area contributed by atoms with Crippen LogP contribution >= 0.6 is 23.1 Å². The highest BCUT2D eigenvalue weighted by Gasteiger charge is 2.21. The van der Waals surface area contributed by atoms with Gasteiger partial charge in [0.05, 0.1) is 4.88 Å². The SMILES string of the molecule is CCCc1sc(C(=O)N[C@@H](CCSC)C(=O)O)cc1CC. The highest BCUT2D eigenvalue weighted by atomic mass is 32.2. The van der Waals surface area contributed by atoms with Crippen molar-refractivity contribution in [3.05, 3.63) is 21.4 Å². The summed E-state index contributed by atoms with van der Waals surface area (Å²) in [5, 5.41) is 11.8. The molecule has 1 amide bonds. The third-order valence-corrected chi connectivity index (χ3v) is 5.07. The molecule has 1 heterocycles. The lowest BCUT2D eigenvalue weighted by atomic mass is 10.1. The Morgan fingerprint density at radius 2 is 2.14 bits per heavy atom. The van der Waals surface area contributed by atoms with E-state index in [2.05, 4.69) is 19.2 Å². The van der Waals surface area contributed by atoms with Crippen LogP contribution in [0.3, 0.4) is 0 Å². The maximum Gasteiger partial charge on any atom is 0.326 e. The molecule has 0 aliphatic rings. The van der Waals surface area contributed by atoms with Gasteiger partial charge in [-0.1, -0.05) is 20.3 Å². The van der Waals surface area contributed by atoms with Crippen LogP contribution in [-0.2, 0) is 17.6 Å². The molecule has 118 valence electrons. The van der Waals surface area contributed by atoms with Gasteiger partial charge in [0.25, 0.3) is 5.91 Å². The Labute approximate surface area is 134 Å². The molecule has 0 saturated carbocycles. The number of aliphatic carboxylic acids is 1. The van der Waals surface area contributed by atoms with E-state index in [9.17, 15) is 9.59 Å². The van der Waals surface area contributed by atoms with E-state index < -0.39 is 12.0 Å². The molecule has 6 heteroatoms. The Balaban J connectivity index is 2.79. The molecule has 2 N–H and O–H groups in total. The van der Waals surface area contributed by atoms with Crippen molar-refractivity contribution in [2.24, 2.45) is 0 Å². The lowest BCUT2D eigenvalue weighted by molar-refractivity contribution is -0.139. The first-order valence-electron chi connectivity index (χ1n) is 7.17. The minimum Gasteiger partial charge on any atom is -0.480 e. The molecule has 21 heavy (non-hydrogen) atoms. The fraction of sp³-hybridized carbons (Fsp3) is 0.600. The molecule has 0 saturated heterocycles. The summed E-state index contributed by atoms with van der Waals surface area (Å²) in [6.07, 6.45) is 5.27. The number of carboxylic acids is 1. The molecular formula is C15H23NO3S2. The van der Waals surface area contributed by atoms with Gasteiger partial charge in [0, 0.05) is 4.88 Å². The van der Waals surface area contributed by atoms with Crippen molar-refractivity contribution in [2.75, 3.05) is 12.0 Å². The molecule has 0 aliphatic carbocycles. The highest BCUT2D eigenvalue weighted by molar-refractivity contribution is 7.98. The van der Waals surface area contributed by atoms with Crippen molar-refractivity contribution in [2.45, 2.75) is 45.6 Å². The first-order valence-corrected chi connectivity index (χ1v) is 9.38. The molecule has 1 atom stereocenters. The van der Waals surface area contributed by atoms with Gasteiger partial charge in [-0.2, -0.15) is 11.8 Å². The molecule has 0 bridgehead atoms. The fourth-order valence-electron chi connectivity index (χ4n) is 2.04. The smallest absolute Gasteiger partial charge is 0.326 e. The summed E-state index contributed by atoms with van der Waals surface area (Å²) < 4.78 is 0. The second-order valence-corrected chi connectivity index (χ2v) is 6.93. The third-order valence-electron chi connectivity index (χ3n) is 3.19. The second kappa shape index (κ2) is 9.10. The number of thioether (sulfide) groups is 1. The average Bonchev–Trinajstić information content (AvgIpc) is 2.86. The van der Waals surface area contributed by atoms with Gasteiger partial charge >= 0.3 is 5.97 Å². The van der Waals surface area contributed by atoms with Crippen molar-refractivity contribution in [3.63, 3.8) is 0 Å². The van der Waals surface area contributed by atoms with Crippen molar-refractivity contribution >= 4 is 35.0 Å². The molecule has 0 spiro atoms. The van der Waals surface area contributed by atoms with Gasteiger partial charge in [-0.3, -0.25) is 4.79 Å². The van der Waals surface area contributed by atoms with E-state index >= 15 is 0 Å². The Bertz CT molecular complexity index is 485. The molecule has 0 aliphatic heterocycles. The van der Waals surface area contributed by atoms with Gasteiger partial charge in [-0.15, -0.1) is 11.3 Å². The summed E-state index contributed by atoms with van der Waals surface area (Å²) in [6, 6.07) is 1.09. The number of thiophene rings is 1. The van der Waals surface area contributed by atoms with Crippen LogP contribution in [0.2, 0.25) is 0 Å². The number of rotatable bonds is 9. The molecule has 4 nitrogen and oxygen atoms in total. The number of hydrogen-bond donors (Lipinski definition) is 2. The number of carbonyl (C=O) groups excluding carboxylic acids is 1. The summed E-state index contributed by atoms with van der Waals surface area (Å²) in [7, 11) is 0. The zero-order valence-corrected chi connectivity index (χ0v) is 14.4. The van der Waals surface area contributed by atoms with E-state index in [1.54, 1.807) is 11.8 Å². The van der Waals surface area contributed by atoms with Crippen LogP contribution in [-0.4, -0.2) is 35.0 Å². The van der Waals surface area contributed by atoms with E-state index in [4.69, 9.17) is 5.11 Å². The van der Waals surface area contributed by atoms with Gasteiger partial charge in [0.1, 0.15) is 6.04 Å². The Morgan fingerprint density at radius 3 is 2.67 bits per heavy atom. The average molecular weight is 329 g/mol. The zero-order chi connectivity index (χ0) is 15.8. The molecule has 1 rings (SSSR count). The van der Waals surface area contributed by atoms with Crippen molar-refractivity contribution in [3.8, 4) is 0 Å². The first-order chi connectivity index (χ1) is 10.0. The summed E-state index contributed by atoms with van der Waals surface area (Å²) in [4.78, 5) is 25.3. The topological polar surface area (TPSA) is 66.4 Å². The van der Waals surface area contributed by atoms with Crippen LogP contribution in [0.1, 0.15) is 46.8 Å². The number of nitrogens with one attached hydrogen (secondary N) is 1. The normalized spacial score (nSPS) is 12.1. The van der Waals surface area contributed by atoms with E-state index in [1.807, 2.05) is 12.3 Å². The van der Waals surface area contributed by atoms with Gasteiger partial charge in [0.2, 0.25) is 0 Å². The van der Waals surface area contributed by atoms with Gasteiger partial charge in [-0.05, 0) is 42.9 Å². The Morgan fingerprint density at radius 1 is 1.43 bits per heavy atom. The van der Waals surface area contributed by atoms with Gasteiger partial charge in [-0.25, -0.2) is 4.79 Å². The lowest BCUT2D eigenvalue weighted by Crippen LogP contribution is -2.40. The van der Waals surface area contributed by atoms with Crippen LogP contribution < -0.4 is 5.32 Å². The number of carboxylic acid groups (broad SMARTS) is 1. The molecule has 0 aromatic carbocycles. The first kappa shape index (κ1) is 18.0. The van der Waals surface area contributed by atoms with Crippen molar-refractivity contribution in [1.29, 1.82) is 0 Å². The Kier molecular flexibility index (Phi) is 7.82.